The van der Waals surface area contributed by atoms with E-state index in [1.54, 1.807) is 4.57 Å². The zero-order chi connectivity index (χ0) is 15.1. The van der Waals surface area contributed by atoms with E-state index in [1.807, 2.05) is 19.9 Å². The second kappa shape index (κ2) is 5.03. The lowest BCUT2D eigenvalue weighted by molar-refractivity contribution is 0.642. The SMILES string of the molecule is Cc1cc(Sc2n[nH]c(=O)n2C2CC2)c(C(=N)N)c(C)n1. The molecule has 2 aromatic heterocycles. The number of nitrogens with two attached hydrogens (primary N) is 1. The Kier molecular flexibility index (Phi) is 3.32. The largest absolute Gasteiger partial charge is 0.384 e. The van der Waals surface area contributed by atoms with Gasteiger partial charge in [0, 0.05) is 22.3 Å². The van der Waals surface area contributed by atoms with Gasteiger partial charge in [-0.25, -0.2) is 9.89 Å². The number of nitrogen functional groups attached to an aromatic ring is 1. The summed E-state index contributed by atoms with van der Waals surface area (Å²) in [5, 5.41) is 14.9. The van der Waals surface area contributed by atoms with Gasteiger partial charge in [-0.2, -0.15) is 0 Å². The molecule has 0 saturated heterocycles. The fourth-order valence-corrected chi connectivity index (χ4v) is 3.52. The number of nitrogens with one attached hydrogen (secondary N) is 2. The lowest BCUT2D eigenvalue weighted by Gasteiger charge is -2.11. The molecule has 0 atom stereocenters. The van der Waals surface area contributed by atoms with Crippen molar-refractivity contribution in [2.75, 3.05) is 0 Å². The Hall–Kier alpha value is -2.09. The van der Waals surface area contributed by atoms with Crippen molar-refractivity contribution in [2.45, 2.75) is 42.8 Å². The molecule has 110 valence electrons. The van der Waals surface area contributed by atoms with E-state index < -0.39 is 0 Å². The number of hydrogen-bond acceptors (Lipinski definition) is 5. The summed E-state index contributed by atoms with van der Waals surface area (Å²) in [4.78, 5) is 17.0. The normalized spacial score (nSPS) is 14.4. The highest BCUT2D eigenvalue weighted by Crippen LogP contribution is 2.38. The van der Waals surface area contributed by atoms with Crippen molar-refractivity contribution < 1.29 is 0 Å². The molecule has 0 amide bonds. The average molecular weight is 304 g/mol. The summed E-state index contributed by atoms with van der Waals surface area (Å²) < 4.78 is 1.68. The minimum absolute atomic E-state index is 0.0293. The second-order valence-corrected chi connectivity index (χ2v) is 6.16. The molecule has 0 spiro atoms. The van der Waals surface area contributed by atoms with E-state index in [9.17, 15) is 4.79 Å². The van der Waals surface area contributed by atoms with Gasteiger partial charge in [-0.3, -0.25) is 15.0 Å². The third kappa shape index (κ3) is 2.58. The zero-order valence-electron chi connectivity index (χ0n) is 11.8. The van der Waals surface area contributed by atoms with Crippen molar-refractivity contribution in [2.24, 2.45) is 5.73 Å². The van der Waals surface area contributed by atoms with Crippen LogP contribution in [-0.4, -0.2) is 25.6 Å². The van der Waals surface area contributed by atoms with Crippen LogP contribution in [0.2, 0.25) is 0 Å². The minimum Gasteiger partial charge on any atom is -0.384 e. The molecule has 1 fully saturated rings. The number of rotatable bonds is 4. The molecular formula is C13H16N6OS. The summed E-state index contributed by atoms with van der Waals surface area (Å²) in [6.07, 6.45) is 2.00. The second-order valence-electron chi connectivity index (χ2n) is 5.15. The predicted octanol–water partition coefficient (Wildman–Crippen LogP) is 1.35. The molecule has 21 heavy (non-hydrogen) atoms. The minimum atomic E-state index is -0.188. The summed E-state index contributed by atoms with van der Waals surface area (Å²) in [6.45, 7) is 3.71. The van der Waals surface area contributed by atoms with E-state index in [0.29, 0.717) is 16.4 Å². The lowest BCUT2D eigenvalue weighted by Crippen LogP contribution is -2.17. The van der Waals surface area contributed by atoms with Crippen molar-refractivity contribution >= 4 is 17.6 Å². The van der Waals surface area contributed by atoms with E-state index in [2.05, 4.69) is 15.2 Å². The average Bonchev–Trinajstić information content (AvgIpc) is 3.13. The predicted molar refractivity (Wildman–Crippen MR) is 80.0 cm³/mol. The smallest absolute Gasteiger partial charge is 0.344 e. The molecule has 7 nitrogen and oxygen atoms in total. The Labute approximate surface area is 125 Å². The summed E-state index contributed by atoms with van der Waals surface area (Å²) in [7, 11) is 0. The van der Waals surface area contributed by atoms with Crippen LogP contribution in [0, 0.1) is 19.3 Å². The lowest BCUT2D eigenvalue weighted by atomic mass is 10.1. The van der Waals surface area contributed by atoms with Gasteiger partial charge in [0.05, 0.1) is 5.56 Å². The summed E-state index contributed by atoms with van der Waals surface area (Å²) in [5.41, 5.74) is 7.63. The van der Waals surface area contributed by atoms with Crippen LogP contribution in [0.4, 0.5) is 0 Å². The number of nitrogens with zero attached hydrogens (tertiary/aromatic N) is 3. The van der Waals surface area contributed by atoms with Crippen molar-refractivity contribution in [3.8, 4) is 0 Å². The van der Waals surface area contributed by atoms with E-state index >= 15 is 0 Å². The van der Waals surface area contributed by atoms with Crippen molar-refractivity contribution in [1.82, 2.24) is 19.7 Å². The maximum Gasteiger partial charge on any atom is 0.344 e. The van der Waals surface area contributed by atoms with Gasteiger partial charge >= 0.3 is 5.69 Å². The fraction of sp³-hybridized carbons (Fsp3) is 0.385. The molecule has 0 aliphatic heterocycles. The number of H-pyrrole nitrogens is 1. The maximum atomic E-state index is 11.8. The standard InChI is InChI=1S/C13H16N6OS/c1-6-5-9(10(11(14)15)7(2)16-6)21-13-18-17-12(20)19(13)8-3-4-8/h5,8H,3-4H2,1-2H3,(H3,14,15)(H,17,20). The molecule has 0 radical (unpaired) electrons. The highest BCUT2D eigenvalue weighted by Gasteiger charge is 2.29. The van der Waals surface area contributed by atoms with Crippen LogP contribution < -0.4 is 11.4 Å². The van der Waals surface area contributed by atoms with Crippen molar-refractivity contribution in [1.29, 1.82) is 5.41 Å². The quantitative estimate of drug-likeness (QED) is 0.583. The van der Waals surface area contributed by atoms with Gasteiger partial charge in [-0.05, 0) is 44.5 Å². The molecule has 1 saturated carbocycles. The van der Waals surface area contributed by atoms with Gasteiger partial charge in [0.25, 0.3) is 0 Å². The van der Waals surface area contributed by atoms with Crippen LogP contribution in [-0.2, 0) is 0 Å². The molecule has 3 rings (SSSR count). The third-order valence-corrected chi connectivity index (χ3v) is 4.36. The maximum absolute atomic E-state index is 11.8. The summed E-state index contributed by atoms with van der Waals surface area (Å²) in [6, 6.07) is 2.11. The first-order valence-corrected chi connectivity index (χ1v) is 7.46. The van der Waals surface area contributed by atoms with Gasteiger partial charge in [0.1, 0.15) is 5.84 Å². The monoisotopic (exact) mass is 304 g/mol. The first kappa shape index (κ1) is 13.9. The highest BCUT2D eigenvalue weighted by molar-refractivity contribution is 7.99. The molecule has 4 N–H and O–H groups in total. The molecule has 8 heteroatoms. The molecule has 1 aliphatic carbocycles. The highest BCUT2D eigenvalue weighted by atomic mass is 32.2. The number of amidine groups is 1. The van der Waals surface area contributed by atoms with E-state index in [4.69, 9.17) is 11.1 Å². The van der Waals surface area contributed by atoms with Gasteiger partial charge in [0.2, 0.25) is 0 Å². The van der Waals surface area contributed by atoms with E-state index in [-0.39, 0.29) is 17.6 Å². The molecule has 1 aliphatic rings. The molecule has 0 bridgehead atoms. The Balaban J connectivity index is 2.06. The van der Waals surface area contributed by atoms with Crippen LogP contribution in [0.3, 0.4) is 0 Å². The first-order valence-electron chi connectivity index (χ1n) is 6.64. The third-order valence-electron chi connectivity index (χ3n) is 3.35. The van der Waals surface area contributed by atoms with Crippen molar-refractivity contribution in [3.05, 3.63) is 33.5 Å². The van der Waals surface area contributed by atoms with E-state index in [0.717, 1.165) is 23.4 Å². The van der Waals surface area contributed by atoms with E-state index in [1.165, 1.54) is 11.8 Å². The molecule has 2 aromatic rings. The van der Waals surface area contributed by atoms with Crippen LogP contribution in [0.1, 0.15) is 35.8 Å². The summed E-state index contributed by atoms with van der Waals surface area (Å²) in [5.74, 6) is -0.0293. The Morgan fingerprint density at radius 1 is 1.52 bits per heavy atom. The van der Waals surface area contributed by atoms with Crippen LogP contribution >= 0.6 is 11.8 Å². The number of aromatic amines is 1. The number of aromatic nitrogens is 4. The van der Waals surface area contributed by atoms with Crippen LogP contribution in [0.15, 0.2) is 20.9 Å². The topological polar surface area (TPSA) is 113 Å². The number of pyridine rings is 1. The number of aryl methyl sites for hydroxylation is 2. The fourth-order valence-electron chi connectivity index (χ4n) is 2.32. The van der Waals surface area contributed by atoms with Crippen molar-refractivity contribution in [3.63, 3.8) is 0 Å². The first-order chi connectivity index (χ1) is 9.97. The van der Waals surface area contributed by atoms with Gasteiger partial charge in [-0.15, -0.1) is 5.10 Å². The van der Waals surface area contributed by atoms with Crippen LogP contribution in [0.25, 0.3) is 0 Å². The molecule has 2 heterocycles. The molecule has 0 aromatic carbocycles. The van der Waals surface area contributed by atoms with Gasteiger partial charge in [0.15, 0.2) is 5.16 Å². The van der Waals surface area contributed by atoms with Gasteiger partial charge < -0.3 is 5.73 Å². The Morgan fingerprint density at radius 2 is 2.24 bits per heavy atom. The Bertz CT molecular complexity index is 773. The van der Waals surface area contributed by atoms with Gasteiger partial charge in [-0.1, -0.05) is 0 Å². The summed E-state index contributed by atoms with van der Waals surface area (Å²) >= 11 is 1.35. The van der Waals surface area contributed by atoms with Crippen LogP contribution in [0.5, 0.6) is 0 Å². The molecular weight excluding hydrogens is 288 g/mol. The molecule has 0 unspecified atom stereocenters. The number of hydrogen-bond donors (Lipinski definition) is 3. The Morgan fingerprint density at radius 3 is 2.86 bits per heavy atom. The zero-order valence-corrected chi connectivity index (χ0v) is 12.6.